The van der Waals surface area contributed by atoms with E-state index in [1.807, 2.05) is 10.0 Å². The van der Waals surface area contributed by atoms with Crippen molar-refractivity contribution >= 4 is 36.5 Å². The van der Waals surface area contributed by atoms with E-state index in [9.17, 15) is 0 Å². The molecule has 0 aromatic heterocycles. The highest BCUT2D eigenvalue weighted by atomic mass is 32.2. The molecule has 0 aliphatic carbocycles. The summed E-state index contributed by atoms with van der Waals surface area (Å²) in [5.41, 5.74) is 3.08. The predicted molar refractivity (Wildman–Crippen MR) is 60.6 cm³/mol. The molecule has 0 radical (unpaired) electrons. The molecule has 1 N–H and O–H groups in total. The number of rotatable bonds is 4. The summed E-state index contributed by atoms with van der Waals surface area (Å²) < 4.78 is 3.01. The fourth-order valence-electron chi connectivity index (χ4n) is 0.616. The largest absolute Gasteiger partial charge is 0.309 e. The maximum atomic E-state index is 4.21. The second-order valence-electron chi connectivity index (χ2n) is 2.60. The summed E-state index contributed by atoms with van der Waals surface area (Å²) in [5.74, 6) is 1.09. The molecule has 0 saturated heterocycles. The first-order chi connectivity index (χ1) is 5.68. The Labute approximate surface area is 87.6 Å². The first-order valence-corrected chi connectivity index (χ1v) is 5.76. The highest BCUT2D eigenvalue weighted by molar-refractivity contribution is 8.20. The minimum Gasteiger partial charge on any atom is -0.309 e. The Balaban J connectivity index is 2.02. The molecule has 0 saturated carbocycles. The number of hydrogen-bond donors (Lipinski definition) is 2. The van der Waals surface area contributed by atoms with Crippen molar-refractivity contribution < 1.29 is 0 Å². The quantitative estimate of drug-likeness (QED) is 0.552. The number of hydrazine groups is 1. The lowest BCUT2D eigenvalue weighted by atomic mass is 10.7. The van der Waals surface area contributed by atoms with E-state index in [1.54, 1.807) is 23.9 Å². The lowest BCUT2D eigenvalue weighted by molar-refractivity contribution is 0.436. The van der Waals surface area contributed by atoms with Crippen molar-refractivity contribution in [2.24, 2.45) is 0 Å². The molecular formula is C6H13N3S3. The van der Waals surface area contributed by atoms with Gasteiger partial charge in [-0.1, -0.05) is 0 Å². The van der Waals surface area contributed by atoms with Crippen molar-refractivity contribution in [3.63, 3.8) is 0 Å². The molecule has 6 heteroatoms. The van der Waals surface area contributed by atoms with Gasteiger partial charge in [-0.3, -0.25) is 0 Å². The molecule has 1 aliphatic rings. The maximum absolute atomic E-state index is 4.21. The normalized spacial score (nSPS) is 18.2. The molecule has 0 fully saturated rings. The number of nitrogens with one attached hydrogen (secondary N) is 1. The van der Waals surface area contributed by atoms with E-state index >= 15 is 0 Å². The van der Waals surface area contributed by atoms with Crippen LogP contribution in [-0.2, 0) is 0 Å². The van der Waals surface area contributed by atoms with Crippen LogP contribution in [0.2, 0.25) is 0 Å². The van der Waals surface area contributed by atoms with E-state index < -0.39 is 0 Å². The van der Waals surface area contributed by atoms with Gasteiger partial charge in [0.1, 0.15) is 0 Å². The summed E-state index contributed by atoms with van der Waals surface area (Å²) in [6, 6.07) is 0. The Morgan fingerprint density at radius 1 is 1.75 bits per heavy atom. The van der Waals surface area contributed by atoms with Gasteiger partial charge in [-0.05, 0) is 38.0 Å². The van der Waals surface area contributed by atoms with E-state index in [0.29, 0.717) is 0 Å². The van der Waals surface area contributed by atoms with E-state index in [1.165, 1.54) is 0 Å². The number of thiol groups is 1. The van der Waals surface area contributed by atoms with Crippen LogP contribution in [0.25, 0.3) is 0 Å². The average molecular weight is 223 g/mol. The molecule has 0 amide bonds. The Morgan fingerprint density at radius 3 is 3.00 bits per heavy atom. The van der Waals surface area contributed by atoms with Crippen LogP contribution < -0.4 is 5.43 Å². The molecular weight excluding hydrogens is 210 g/mol. The van der Waals surface area contributed by atoms with Gasteiger partial charge in [0.25, 0.3) is 0 Å². The highest BCUT2D eigenvalue weighted by Crippen LogP contribution is 2.32. The molecule has 0 atom stereocenters. The van der Waals surface area contributed by atoms with Gasteiger partial charge in [-0.25, -0.2) is 0 Å². The Bertz CT molecular complexity index is 171. The fraction of sp³-hybridized carbons (Fsp3) is 0.667. The van der Waals surface area contributed by atoms with E-state index in [2.05, 4.69) is 37.0 Å². The minimum absolute atomic E-state index is 1.01. The summed E-state index contributed by atoms with van der Waals surface area (Å²) in [6.45, 7) is 1.09. The zero-order valence-corrected chi connectivity index (χ0v) is 9.68. The first kappa shape index (κ1) is 10.6. The molecule has 0 unspecified atom stereocenters. The Morgan fingerprint density at radius 2 is 2.50 bits per heavy atom. The molecule has 0 aromatic carbocycles. The number of nitrogens with zero attached hydrogens (tertiary/aromatic N) is 2. The van der Waals surface area contributed by atoms with Gasteiger partial charge in [0.05, 0.1) is 4.24 Å². The summed E-state index contributed by atoms with van der Waals surface area (Å²) in [6.07, 6.45) is 1.89. The highest BCUT2D eigenvalue weighted by Gasteiger charge is 2.11. The Kier molecular flexibility index (Phi) is 4.66. The summed E-state index contributed by atoms with van der Waals surface area (Å²) in [7, 11) is 4.15. The van der Waals surface area contributed by atoms with Crippen LogP contribution in [0, 0.1) is 0 Å². The van der Waals surface area contributed by atoms with Crippen LogP contribution in [0.5, 0.6) is 0 Å². The topological polar surface area (TPSA) is 18.5 Å². The van der Waals surface area contributed by atoms with Crippen LogP contribution in [0.15, 0.2) is 10.4 Å². The van der Waals surface area contributed by atoms with Crippen LogP contribution in [-0.4, -0.2) is 35.1 Å². The molecule has 1 heterocycles. The Hall–Kier alpha value is 0.510. The van der Waals surface area contributed by atoms with Gasteiger partial charge in [0, 0.05) is 18.5 Å². The van der Waals surface area contributed by atoms with E-state index in [0.717, 1.165) is 16.5 Å². The van der Waals surface area contributed by atoms with Gasteiger partial charge in [0.2, 0.25) is 0 Å². The summed E-state index contributed by atoms with van der Waals surface area (Å²) in [5, 5.41) is 0. The standard InChI is InChI=1S/C6H13N3S3/c1-8(2)3-4-11-9-7-5-6(10)12-9/h5,7,10H,3-4H2,1-2H3. The third-order valence-electron chi connectivity index (χ3n) is 1.22. The van der Waals surface area contributed by atoms with Crippen molar-refractivity contribution in [3.8, 4) is 0 Å². The van der Waals surface area contributed by atoms with Gasteiger partial charge >= 0.3 is 0 Å². The predicted octanol–water partition coefficient (Wildman–Crippen LogP) is 1.39. The molecule has 0 bridgehead atoms. The van der Waals surface area contributed by atoms with Crippen LogP contribution >= 0.6 is 36.5 Å². The molecule has 1 aliphatic heterocycles. The first-order valence-electron chi connectivity index (χ1n) is 3.59. The summed E-state index contributed by atoms with van der Waals surface area (Å²) >= 11 is 7.58. The molecule has 70 valence electrons. The van der Waals surface area contributed by atoms with Crippen molar-refractivity contribution in [1.29, 1.82) is 0 Å². The average Bonchev–Trinajstić information content (AvgIpc) is 2.35. The van der Waals surface area contributed by atoms with E-state index in [4.69, 9.17) is 0 Å². The van der Waals surface area contributed by atoms with Crippen LogP contribution in [0.1, 0.15) is 0 Å². The molecule has 12 heavy (non-hydrogen) atoms. The SMILES string of the molecule is CN(C)CCSN1NC=C(S)S1. The van der Waals surface area contributed by atoms with E-state index in [-0.39, 0.29) is 0 Å². The smallest absolute Gasteiger partial charge is 0.0726 e. The second kappa shape index (κ2) is 5.29. The number of hydrogen-bond acceptors (Lipinski definition) is 6. The van der Waals surface area contributed by atoms with Crippen molar-refractivity contribution in [2.75, 3.05) is 26.4 Å². The van der Waals surface area contributed by atoms with Gasteiger partial charge in [-0.15, -0.1) is 16.4 Å². The lowest BCUT2D eigenvalue weighted by Crippen LogP contribution is -2.20. The van der Waals surface area contributed by atoms with Crippen LogP contribution in [0.4, 0.5) is 0 Å². The lowest BCUT2D eigenvalue weighted by Gasteiger charge is -2.14. The third kappa shape index (κ3) is 3.95. The monoisotopic (exact) mass is 223 g/mol. The third-order valence-corrected chi connectivity index (χ3v) is 3.41. The van der Waals surface area contributed by atoms with Gasteiger partial charge < -0.3 is 10.3 Å². The van der Waals surface area contributed by atoms with Crippen molar-refractivity contribution in [3.05, 3.63) is 10.4 Å². The minimum atomic E-state index is 1.01. The maximum Gasteiger partial charge on any atom is 0.0726 e. The molecule has 3 nitrogen and oxygen atoms in total. The molecule has 1 rings (SSSR count). The zero-order chi connectivity index (χ0) is 8.97. The van der Waals surface area contributed by atoms with Gasteiger partial charge in [-0.2, -0.15) is 0 Å². The molecule has 0 spiro atoms. The van der Waals surface area contributed by atoms with Crippen molar-refractivity contribution in [2.45, 2.75) is 0 Å². The van der Waals surface area contributed by atoms with Crippen molar-refractivity contribution in [1.82, 2.24) is 14.1 Å². The fourth-order valence-corrected chi connectivity index (χ4v) is 2.88. The summed E-state index contributed by atoms with van der Waals surface area (Å²) in [4.78, 5) is 2.17. The zero-order valence-electron chi connectivity index (χ0n) is 7.15. The second-order valence-corrected chi connectivity index (χ2v) is 5.63. The molecule has 0 aromatic rings. The van der Waals surface area contributed by atoms with Gasteiger partial charge in [0.15, 0.2) is 0 Å². The van der Waals surface area contributed by atoms with Crippen LogP contribution in [0.3, 0.4) is 0 Å².